The van der Waals surface area contributed by atoms with Gasteiger partial charge in [-0.1, -0.05) is 29.5 Å². The van der Waals surface area contributed by atoms with Crippen LogP contribution in [0.4, 0.5) is 5.13 Å². The standard InChI is InChI=1S/C18H17N7O2S2/c1-3-8-24-15(22-23-18(24)28)14-10(2)19-16(29-14)21-13(26)9-25-12-7-5-4-6-11(12)20-17(25)27/h3-7H,1,8-9H2,2H3,(H,20,27)(H,23,28)(H,19,21,26). The number of H-pyrrole nitrogens is 2. The number of nitrogens with one attached hydrogen (secondary N) is 3. The summed E-state index contributed by atoms with van der Waals surface area (Å²) in [7, 11) is 0. The minimum Gasteiger partial charge on any atom is -0.306 e. The topological polar surface area (TPSA) is 113 Å². The quantitative estimate of drug-likeness (QED) is 0.323. The smallest absolute Gasteiger partial charge is 0.306 e. The molecular weight excluding hydrogens is 410 g/mol. The van der Waals surface area contributed by atoms with Crippen molar-refractivity contribution >= 4 is 45.6 Å². The highest BCUT2D eigenvalue weighted by atomic mass is 32.1. The minimum atomic E-state index is -0.345. The predicted octanol–water partition coefficient (Wildman–Crippen LogP) is 2.84. The van der Waals surface area contributed by atoms with Crippen LogP contribution in [0.5, 0.6) is 0 Å². The first kappa shape index (κ1) is 19.0. The fraction of sp³-hybridized carbons (Fsp3) is 0.167. The second-order valence-corrected chi connectivity index (χ2v) is 7.65. The van der Waals surface area contributed by atoms with Crippen molar-refractivity contribution in [3.05, 3.63) is 57.9 Å². The highest BCUT2D eigenvalue weighted by molar-refractivity contribution is 7.71. The van der Waals surface area contributed by atoms with E-state index in [4.69, 9.17) is 12.2 Å². The Hall–Kier alpha value is -3.31. The zero-order valence-corrected chi connectivity index (χ0v) is 17.1. The molecule has 0 aliphatic heterocycles. The maximum absolute atomic E-state index is 12.5. The second kappa shape index (κ2) is 7.60. The van der Waals surface area contributed by atoms with Gasteiger partial charge in [0.05, 0.1) is 21.6 Å². The van der Waals surface area contributed by atoms with Crippen molar-refractivity contribution < 1.29 is 4.79 Å². The third kappa shape index (κ3) is 3.57. The lowest BCUT2D eigenvalue weighted by Gasteiger charge is -2.03. The van der Waals surface area contributed by atoms with E-state index in [0.29, 0.717) is 39.0 Å². The summed E-state index contributed by atoms with van der Waals surface area (Å²) >= 11 is 6.54. The van der Waals surface area contributed by atoms with E-state index >= 15 is 0 Å². The normalized spacial score (nSPS) is 11.1. The second-order valence-electron chi connectivity index (χ2n) is 6.27. The number of benzene rings is 1. The number of para-hydroxylation sites is 2. The number of hydrogen-bond donors (Lipinski definition) is 3. The van der Waals surface area contributed by atoms with E-state index in [2.05, 4.69) is 32.1 Å². The number of fused-ring (bicyclic) bond motifs is 1. The molecule has 4 rings (SSSR count). The number of aromatic nitrogens is 6. The summed E-state index contributed by atoms with van der Waals surface area (Å²) in [6.07, 6.45) is 1.73. The highest BCUT2D eigenvalue weighted by Crippen LogP contribution is 2.31. The molecule has 1 amide bonds. The molecule has 4 aromatic rings. The van der Waals surface area contributed by atoms with Crippen LogP contribution < -0.4 is 11.0 Å². The molecule has 3 aromatic heterocycles. The highest BCUT2D eigenvalue weighted by Gasteiger charge is 2.18. The summed E-state index contributed by atoms with van der Waals surface area (Å²) in [5.41, 5.74) is 1.73. The first-order chi connectivity index (χ1) is 14.0. The number of aryl methyl sites for hydroxylation is 1. The molecule has 1 aromatic carbocycles. The van der Waals surface area contributed by atoms with Gasteiger partial charge in [0, 0.05) is 6.54 Å². The molecule has 11 heteroatoms. The maximum Gasteiger partial charge on any atom is 0.326 e. The monoisotopic (exact) mass is 427 g/mol. The van der Waals surface area contributed by atoms with Gasteiger partial charge in [-0.2, -0.15) is 5.10 Å². The Bertz CT molecular complexity index is 1340. The summed E-state index contributed by atoms with van der Waals surface area (Å²) < 4.78 is 3.68. The minimum absolute atomic E-state index is 0.119. The van der Waals surface area contributed by atoms with E-state index in [9.17, 15) is 9.59 Å². The van der Waals surface area contributed by atoms with Crippen LogP contribution in [0.3, 0.4) is 0 Å². The molecule has 0 aliphatic carbocycles. The first-order valence-corrected chi connectivity index (χ1v) is 9.91. The third-order valence-corrected chi connectivity index (χ3v) is 5.68. The van der Waals surface area contributed by atoms with Crippen LogP contribution in [0.1, 0.15) is 5.69 Å². The summed E-state index contributed by atoms with van der Waals surface area (Å²) in [5, 5.41) is 10.2. The van der Waals surface area contributed by atoms with Crippen molar-refractivity contribution in [1.29, 1.82) is 0 Å². The molecule has 0 bridgehead atoms. The van der Waals surface area contributed by atoms with Crippen LogP contribution in [0.25, 0.3) is 21.7 Å². The summed E-state index contributed by atoms with van der Waals surface area (Å²) in [6, 6.07) is 7.21. The zero-order valence-electron chi connectivity index (χ0n) is 15.4. The van der Waals surface area contributed by atoms with E-state index in [1.807, 2.05) is 19.1 Å². The lowest BCUT2D eigenvalue weighted by Crippen LogP contribution is -2.25. The van der Waals surface area contributed by atoms with Gasteiger partial charge in [0.1, 0.15) is 6.54 Å². The van der Waals surface area contributed by atoms with Gasteiger partial charge < -0.3 is 10.3 Å². The van der Waals surface area contributed by atoms with Crippen molar-refractivity contribution in [2.45, 2.75) is 20.0 Å². The Labute approximate surface area is 173 Å². The van der Waals surface area contributed by atoms with E-state index in [0.717, 1.165) is 4.88 Å². The van der Waals surface area contributed by atoms with E-state index < -0.39 is 0 Å². The summed E-state index contributed by atoms with van der Waals surface area (Å²) in [4.78, 5) is 32.6. The molecule has 29 heavy (non-hydrogen) atoms. The van der Waals surface area contributed by atoms with Crippen LogP contribution in [0.15, 0.2) is 41.7 Å². The number of rotatable bonds is 6. The molecule has 0 radical (unpaired) electrons. The van der Waals surface area contributed by atoms with Crippen molar-refractivity contribution in [1.82, 2.24) is 29.3 Å². The molecule has 9 nitrogen and oxygen atoms in total. The fourth-order valence-electron chi connectivity index (χ4n) is 3.01. The van der Waals surface area contributed by atoms with Crippen molar-refractivity contribution in [2.75, 3.05) is 5.32 Å². The Morgan fingerprint density at radius 2 is 2.17 bits per heavy atom. The molecule has 0 fully saturated rings. The van der Waals surface area contributed by atoms with Crippen LogP contribution in [-0.2, 0) is 17.9 Å². The molecule has 0 spiro atoms. The molecule has 0 unspecified atom stereocenters. The Balaban J connectivity index is 1.58. The fourth-order valence-corrected chi connectivity index (χ4v) is 4.20. The van der Waals surface area contributed by atoms with Crippen molar-refractivity contribution in [3.8, 4) is 10.7 Å². The molecule has 0 atom stereocenters. The lowest BCUT2D eigenvalue weighted by molar-refractivity contribution is -0.116. The van der Waals surface area contributed by atoms with E-state index in [1.165, 1.54) is 15.9 Å². The Morgan fingerprint density at radius 1 is 1.38 bits per heavy atom. The van der Waals surface area contributed by atoms with Gasteiger partial charge in [-0.15, -0.1) is 6.58 Å². The van der Waals surface area contributed by atoms with Gasteiger partial charge in [-0.25, -0.2) is 9.78 Å². The molecule has 3 N–H and O–H groups in total. The summed E-state index contributed by atoms with van der Waals surface area (Å²) in [6.45, 7) is 5.96. The van der Waals surface area contributed by atoms with Gasteiger partial charge >= 0.3 is 5.69 Å². The number of hydrogen-bond acceptors (Lipinski definition) is 6. The average Bonchev–Trinajstić information content (AvgIpc) is 3.32. The van der Waals surface area contributed by atoms with Crippen molar-refractivity contribution in [2.24, 2.45) is 0 Å². The number of anilines is 1. The number of imidazole rings is 1. The van der Waals surface area contributed by atoms with E-state index in [-0.39, 0.29) is 18.1 Å². The number of allylic oxidation sites excluding steroid dienone is 1. The number of carbonyl (C=O) groups excluding carboxylic acids is 1. The van der Waals surface area contributed by atoms with Gasteiger partial charge in [-0.05, 0) is 31.3 Å². The summed E-state index contributed by atoms with van der Waals surface area (Å²) in [5.74, 6) is 0.292. The number of aromatic amines is 2. The molecule has 0 saturated heterocycles. The number of nitrogens with zero attached hydrogens (tertiary/aromatic N) is 4. The van der Waals surface area contributed by atoms with Crippen LogP contribution in [-0.4, -0.2) is 35.2 Å². The molecule has 148 valence electrons. The molecular formula is C18H17N7O2S2. The predicted molar refractivity (Wildman–Crippen MR) is 115 cm³/mol. The number of thiazole rings is 1. The van der Waals surface area contributed by atoms with Gasteiger partial charge in [0.25, 0.3) is 0 Å². The largest absolute Gasteiger partial charge is 0.326 e. The van der Waals surface area contributed by atoms with Crippen LogP contribution in [0.2, 0.25) is 0 Å². The van der Waals surface area contributed by atoms with Crippen LogP contribution in [0, 0.1) is 11.7 Å². The molecule has 0 saturated carbocycles. The maximum atomic E-state index is 12.5. The average molecular weight is 428 g/mol. The number of carbonyl (C=O) groups is 1. The van der Waals surface area contributed by atoms with E-state index in [1.54, 1.807) is 22.8 Å². The van der Waals surface area contributed by atoms with Crippen molar-refractivity contribution in [3.63, 3.8) is 0 Å². The zero-order chi connectivity index (χ0) is 20.5. The lowest BCUT2D eigenvalue weighted by atomic mass is 10.3. The van der Waals surface area contributed by atoms with Gasteiger partial charge in [-0.3, -0.25) is 19.0 Å². The van der Waals surface area contributed by atoms with Gasteiger partial charge in [0.15, 0.2) is 15.7 Å². The SMILES string of the molecule is C=CCn1c(-c2sc(NC(=O)Cn3c(=O)[nH]c4ccccc43)nc2C)n[nH]c1=S. The first-order valence-electron chi connectivity index (χ1n) is 8.69. The number of amides is 1. The van der Waals surface area contributed by atoms with Gasteiger partial charge in [0.2, 0.25) is 5.91 Å². The molecule has 0 aliphatic rings. The van der Waals surface area contributed by atoms with Crippen LogP contribution >= 0.6 is 23.6 Å². The molecule has 3 heterocycles. The Morgan fingerprint density at radius 3 is 2.97 bits per heavy atom. The third-order valence-electron chi connectivity index (χ3n) is 4.30. The Kier molecular flexibility index (Phi) is 4.99.